The van der Waals surface area contributed by atoms with Crippen LogP contribution in [0, 0.1) is 0 Å². The Hall–Kier alpha value is -0.100. The molecule has 3 N–H and O–H groups in total. The molecule has 0 aliphatic carbocycles. The number of nitrogen functional groups attached to an aromatic ring is 1. The third-order valence-electron chi connectivity index (χ3n) is 3.62. The largest absolute Gasteiger partial charge is 0.383 e. The van der Waals surface area contributed by atoms with Crippen LogP contribution < -0.4 is 11.1 Å². The Bertz CT molecular complexity index is 458. The van der Waals surface area contributed by atoms with Crippen molar-refractivity contribution in [1.82, 2.24) is 10.3 Å². The molecule has 1 aliphatic heterocycles. The lowest BCUT2D eigenvalue weighted by atomic mass is 10.0. The van der Waals surface area contributed by atoms with E-state index in [-0.39, 0.29) is 6.04 Å². The number of hydrogen-bond donors (Lipinski definition) is 2. The molecule has 112 valence electrons. The van der Waals surface area contributed by atoms with Gasteiger partial charge in [-0.25, -0.2) is 4.98 Å². The second-order valence-electron chi connectivity index (χ2n) is 5.08. The van der Waals surface area contributed by atoms with Crippen molar-refractivity contribution in [2.24, 2.45) is 0 Å². The average molecular weight is 332 g/mol. The van der Waals surface area contributed by atoms with Crippen LogP contribution in [0.4, 0.5) is 5.82 Å². The Kier molecular flexibility index (Phi) is 5.90. The fraction of sp³-hybridized carbons (Fsp3) is 0.643. The molecular weight excluding hydrogens is 310 g/mol. The van der Waals surface area contributed by atoms with Gasteiger partial charge in [-0.1, -0.05) is 32.4 Å². The molecule has 0 saturated carbocycles. The molecule has 0 radical (unpaired) electrons. The van der Waals surface area contributed by atoms with Gasteiger partial charge >= 0.3 is 0 Å². The van der Waals surface area contributed by atoms with E-state index < -0.39 is 0 Å². The number of thioether (sulfide) groups is 2. The molecule has 0 aromatic carbocycles. The predicted molar refractivity (Wildman–Crippen MR) is 92.8 cm³/mol. The highest BCUT2D eigenvalue weighted by Gasteiger charge is 2.32. The van der Waals surface area contributed by atoms with Crippen molar-refractivity contribution in [2.75, 3.05) is 18.0 Å². The van der Waals surface area contributed by atoms with Gasteiger partial charge in [-0.15, -0.1) is 0 Å². The Morgan fingerprint density at radius 1 is 1.50 bits per heavy atom. The van der Waals surface area contributed by atoms with Gasteiger partial charge in [0.25, 0.3) is 0 Å². The number of rotatable bonds is 4. The molecule has 1 saturated heterocycles. The lowest BCUT2D eigenvalue weighted by Gasteiger charge is -2.36. The topological polar surface area (TPSA) is 50.9 Å². The first-order valence-electron chi connectivity index (χ1n) is 6.94. The van der Waals surface area contributed by atoms with E-state index in [2.05, 4.69) is 31.1 Å². The molecule has 4 unspecified atom stereocenters. The first-order valence-corrected chi connectivity index (χ1v) is 9.31. The number of nitrogens with one attached hydrogen (secondary N) is 1. The number of halogens is 1. The van der Waals surface area contributed by atoms with Gasteiger partial charge in [-0.3, -0.25) is 0 Å². The van der Waals surface area contributed by atoms with E-state index in [1.165, 1.54) is 0 Å². The summed E-state index contributed by atoms with van der Waals surface area (Å²) in [5.74, 6) is 1.71. The van der Waals surface area contributed by atoms with Crippen LogP contribution in [0.15, 0.2) is 12.3 Å². The second kappa shape index (κ2) is 7.25. The van der Waals surface area contributed by atoms with Crippen molar-refractivity contribution in [2.45, 2.75) is 42.6 Å². The van der Waals surface area contributed by atoms with E-state index in [0.29, 0.717) is 26.6 Å². The molecule has 1 fully saturated rings. The van der Waals surface area contributed by atoms with Gasteiger partial charge in [0, 0.05) is 39.3 Å². The van der Waals surface area contributed by atoms with Gasteiger partial charge in [0.05, 0.1) is 5.02 Å². The summed E-state index contributed by atoms with van der Waals surface area (Å²) >= 11 is 10.2. The summed E-state index contributed by atoms with van der Waals surface area (Å²) in [7, 11) is 0. The fourth-order valence-electron chi connectivity index (χ4n) is 2.36. The summed E-state index contributed by atoms with van der Waals surface area (Å²) in [6, 6.07) is 2.16. The predicted octanol–water partition coefficient (Wildman–Crippen LogP) is 3.59. The third-order valence-corrected chi connectivity index (χ3v) is 7.32. The summed E-state index contributed by atoms with van der Waals surface area (Å²) in [6.45, 7) is 7.63. The lowest BCUT2D eigenvalue weighted by Crippen LogP contribution is -2.37. The summed E-state index contributed by atoms with van der Waals surface area (Å²) in [6.07, 6.45) is 1.61. The number of nitrogens with zero attached hydrogens (tertiary/aromatic N) is 1. The standard InChI is InChI=1S/C14H22ClN3S2/c1-4-17-13(11-5-10(15)6-18-14(11)16)12-7-19-8(2)9(3)20-12/h5-6,8-9,12-13,17H,4,7H2,1-3H3,(H2,16,18). The molecule has 3 nitrogen and oxygen atoms in total. The Morgan fingerprint density at radius 2 is 2.25 bits per heavy atom. The van der Waals surface area contributed by atoms with Crippen molar-refractivity contribution < 1.29 is 0 Å². The van der Waals surface area contributed by atoms with Gasteiger partial charge in [0.1, 0.15) is 5.82 Å². The number of pyridine rings is 1. The zero-order valence-electron chi connectivity index (χ0n) is 12.1. The molecule has 2 heterocycles. The van der Waals surface area contributed by atoms with Crippen molar-refractivity contribution in [3.05, 3.63) is 22.8 Å². The molecule has 0 bridgehead atoms. The maximum absolute atomic E-state index is 6.09. The zero-order chi connectivity index (χ0) is 14.7. The maximum atomic E-state index is 6.09. The highest BCUT2D eigenvalue weighted by Crippen LogP contribution is 2.42. The normalized spacial score (nSPS) is 28.3. The van der Waals surface area contributed by atoms with Crippen LogP contribution in [0.5, 0.6) is 0 Å². The Morgan fingerprint density at radius 3 is 2.90 bits per heavy atom. The minimum atomic E-state index is 0.207. The van der Waals surface area contributed by atoms with E-state index in [9.17, 15) is 0 Å². The molecule has 0 amide bonds. The molecule has 1 aromatic heterocycles. The highest BCUT2D eigenvalue weighted by atomic mass is 35.5. The molecule has 1 aromatic rings. The zero-order valence-corrected chi connectivity index (χ0v) is 14.5. The van der Waals surface area contributed by atoms with Crippen LogP contribution in [0.3, 0.4) is 0 Å². The van der Waals surface area contributed by atoms with Crippen LogP contribution in [0.25, 0.3) is 0 Å². The SMILES string of the molecule is CCNC(c1cc(Cl)cnc1N)C1CSC(C)C(C)S1. The quantitative estimate of drug-likeness (QED) is 0.883. The van der Waals surface area contributed by atoms with Crippen LogP contribution >= 0.6 is 35.1 Å². The average Bonchev–Trinajstić information content (AvgIpc) is 2.42. The lowest BCUT2D eigenvalue weighted by molar-refractivity contribution is 0.548. The number of anilines is 1. The van der Waals surface area contributed by atoms with E-state index in [1.54, 1.807) is 6.20 Å². The number of hydrogen-bond acceptors (Lipinski definition) is 5. The van der Waals surface area contributed by atoms with Crippen LogP contribution in [-0.4, -0.2) is 33.0 Å². The van der Waals surface area contributed by atoms with E-state index in [4.69, 9.17) is 17.3 Å². The molecule has 2 rings (SSSR count). The van der Waals surface area contributed by atoms with Gasteiger partial charge in [0.15, 0.2) is 0 Å². The smallest absolute Gasteiger partial charge is 0.128 e. The van der Waals surface area contributed by atoms with E-state index in [1.807, 2.05) is 29.6 Å². The maximum Gasteiger partial charge on any atom is 0.128 e. The van der Waals surface area contributed by atoms with Crippen molar-refractivity contribution in [3.63, 3.8) is 0 Å². The molecule has 0 spiro atoms. The summed E-state index contributed by atoms with van der Waals surface area (Å²) in [5.41, 5.74) is 7.09. The van der Waals surface area contributed by atoms with Crippen LogP contribution in [0.2, 0.25) is 5.02 Å². The van der Waals surface area contributed by atoms with Gasteiger partial charge in [-0.05, 0) is 12.6 Å². The minimum absolute atomic E-state index is 0.207. The third kappa shape index (κ3) is 3.75. The van der Waals surface area contributed by atoms with Gasteiger partial charge < -0.3 is 11.1 Å². The monoisotopic (exact) mass is 331 g/mol. The number of aromatic nitrogens is 1. The Labute approximate surface area is 134 Å². The summed E-state index contributed by atoms with van der Waals surface area (Å²) < 4.78 is 0. The number of nitrogens with two attached hydrogens (primary N) is 1. The van der Waals surface area contributed by atoms with Gasteiger partial charge in [-0.2, -0.15) is 23.5 Å². The molecule has 1 aliphatic rings. The minimum Gasteiger partial charge on any atom is -0.383 e. The van der Waals surface area contributed by atoms with Gasteiger partial charge in [0.2, 0.25) is 0 Å². The molecule has 4 atom stereocenters. The van der Waals surface area contributed by atoms with Crippen LogP contribution in [0.1, 0.15) is 32.4 Å². The first kappa shape index (κ1) is 16.3. The highest BCUT2D eigenvalue weighted by molar-refractivity contribution is 8.07. The summed E-state index contributed by atoms with van der Waals surface area (Å²) in [5, 5.41) is 6.05. The first-order chi connectivity index (χ1) is 9.52. The van der Waals surface area contributed by atoms with Crippen molar-refractivity contribution in [1.29, 1.82) is 0 Å². The molecule has 20 heavy (non-hydrogen) atoms. The summed E-state index contributed by atoms with van der Waals surface area (Å²) in [4.78, 5) is 4.20. The molecular formula is C14H22ClN3S2. The van der Waals surface area contributed by atoms with E-state index >= 15 is 0 Å². The van der Waals surface area contributed by atoms with Crippen molar-refractivity contribution >= 4 is 40.9 Å². The van der Waals surface area contributed by atoms with E-state index in [0.717, 1.165) is 17.9 Å². The fourth-order valence-corrected chi connectivity index (χ4v) is 5.63. The second-order valence-corrected chi connectivity index (χ2v) is 8.55. The van der Waals surface area contributed by atoms with Crippen LogP contribution in [-0.2, 0) is 0 Å². The molecule has 6 heteroatoms. The van der Waals surface area contributed by atoms with Crippen molar-refractivity contribution in [3.8, 4) is 0 Å². The Balaban J connectivity index is 2.24.